The topological polar surface area (TPSA) is 0 Å². The van der Waals surface area contributed by atoms with E-state index in [9.17, 15) is 0 Å². The summed E-state index contributed by atoms with van der Waals surface area (Å²) in [6.45, 7) is 27.7. The molecule has 1 aliphatic rings. The predicted molar refractivity (Wildman–Crippen MR) is 133 cm³/mol. The zero-order valence-corrected chi connectivity index (χ0v) is 21.7. The molecule has 0 aromatic rings. The van der Waals surface area contributed by atoms with Gasteiger partial charge in [-0.15, -0.1) is 6.58 Å². The van der Waals surface area contributed by atoms with Crippen molar-refractivity contribution in [3.63, 3.8) is 0 Å². The van der Waals surface area contributed by atoms with Gasteiger partial charge in [-0.2, -0.15) is 0 Å². The minimum atomic E-state index is 0.501. The number of rotatable bonds is 7. The molecule has 0 bridgehead atoms. The lowest BCUT2D eigenvalue weighted by molar-refractivity contribution is 0.352. The summed E-state index contributed by atoms with van der Waals surface area (Å²) < 4.78 is 0. The zero-order chi connectivity index (χ0) is 22.1. The zero-order valence-electron chi connectivity index (χ0n) is 21.7. The minimum Gasteiger partial charge on any atom is -0.103 e. The summed E-state index contributed by atoms with van der Waals surface area (Å²) >= 11 is 0. The summed E-state index contributed by atoms with van der Waals surface area (Å²) in [5.41, 5.74) is 0.501. The van der Waals surface area contributed by atoms with E-state index in [0.29, 0.717) is 11.3 Å². The van der Waals surface area contributed by atoms with Gasteiger partial charge in [0.25, 0.3) is 0 Å². The Kier molecular flexibility index (Phi) is 35.5. The van der Waals surface area contributed by atoms with Gasteiger partial charge >= 0.3 is 0 Å². The van der Waals surface area contributed by atoms with Crippen molar-refractivity contribution in [2.45, 2.75) is 147 Å². The molecule has 0 heterocycles. The van der Waals surface area contributed by atoms with Crippen molar-refractivity contribution in [1.82, 2.24) is 0 Å². The molecule has 1 atom stereocenters. The second kappa shape index (κ2) is 28.0. The molecule has 0 spiro atoms. The molecule has 0 N–H and O–H groups in total. The molecular weight excluding hydrogens is 324 g/mol. The van der Waals surface area contributed by atoms with Gasteiger partial charge in [0.2, 0.25) is 0 Å². The van der Waals surface area contributed by atoms with Gasteiger partial charge in [0.1, 0.15) is 0 Å². The molecular formula is C27H60. The number of allylic oxidation sites excluding steroid dienone is 1. The number of hydrogen-bond donors (Lipinski definition) is 0. The summed E-state index contributed by atoms with van der Waals surface area (Å²) in [6, 6.07) is 0. The second-order valence-corrected chi connectivity index (χ2v) is 8.76. The average molecular weight is 385 g/mol. The van der Waals surface area contributed by atoms with Gasteiger partial charge in [-0.25, -0.2) is 0 Å². The van der Waals surface area contributed by atoms with E-state index in [1.165, 1.54) is 70.6 Å². The maximum atomic E-state index is 3.78. The third-order valence-electron chi connectivity index (χ3n) is 4.59. The monoisotopic (exact) mass is 384 g/mol. The molecule has 27 heavy (non-hydrogen) atoms. The quantitative estimate of drug-likeness (QED) is 0.302. The highest BCUT2D eigenvalue weighted by atomic mass is 14.2. The van der Waals surface area contributed by atoms with Gasteiger partial charge in [-0.05, 0) is 30.1 Å². The van der Waals surface area contributed by atoms with Gasteiger partial charge in [0, 0.05) is 0 Å². The molecule has 0 aliphatic heterocycles. The molecule has 0 heteroatoms. The highest BCUT2D eigenvalue weighted by Gasteiger charge is 2.09. The lowest BCUT2D eigenvalue weighted by Gasteiger charge is -2.18. The molecule has 0 aromatic heterocycles. The van der Waals surface area contributed by atoms with Gasteiger partial charge in [-0.1, -0.05) is 140 Å². The van der Waals surface area contributed by atoms with Crippen molar-refractivity contribution < 1.29 is 0 Å². The first-order valence-electron chi connectivity index (χ1n) is 12.4. The van der Waals surface area contributed by atoms with E-state index in [2.05, 4.69) is 55.0 Å². The van der Waals surface area contributed by atoms with E-state index >= 15 is 0 Å². The van der Waals surface area contributed by atoms with Crippen LogP contribution in [0, 0.1) is 17.3 Å². The molecule has 0 nitrogen and oxygen atoms in total. The van der Waals surface area contributed by atoms with Crippen molar-refractivity contribution in [3.05, 3.63) is 12.7 Å². The summed E-state index contributed by atoms with van der Waals surface area (Å²) in [7, 11) is 0. The molecule has 1 unspecified atom stereocenters. The molecule has 1 rings (SSSR count). The summed E-state index contributed by atoms with van der Waals surface area (Å²) in [6.07, 6.45) is 17.5. The molecule has 1 aliphatic carbocycles. The van der Waals surface area contributed by atoms with Crippen LogP contribution in [-0.2, 0) is 0 Å². The first-order valence-corrected chi connectivity index (χ1v) is 12.4. The van der Waals surface area contributed by atoms with Crippen LogP contribution in [0.15, 0.2) is 12.7 Å². The smallest absolute Gasteiger partial charge is 0.0265 e. The fourth-order valence-corrected chi connectivity index (χ4v) is 2.70. The first-order chi connectivity index (χ1) is 12.8. The van der Waals surface area contributed by atoms with Crippen LogP contribution in [0.5, 0.6) is 0 Å². The van der Waals surface area contributed by atoms with Crippen LogP contribution in [0.25, 0.3) is 0 Å². The van der Waals surface area contributed by atoms with Crippen molar-refractivity contribution in [1.29, 1.82) is 0 Å². The Hall–Kier alpha value is -0.260. The van der Waals surface area contributed by atoms with Crippen LogP contribution in [0.3, 0.4) is 0 Å². The largest absolute Gasteiger partial charge is 0.103 e. The van der Waals surface area contributed by atoms with Crippen molar-refractivity contribution in [2.75, 3.05) is 0 Å². The van der Waals surface area contributed by atoms with E-state index in [0.717, 1.165) is 5.92 Å². The predicted octanol–water partition coefficient (Wildman–Crippen LogP) is 10.9. The fourth-order valence-electron chi connectivity index (χ4n) is 2.70. The average Bonchev–Trinajstić information content (AvgIpc) is 3.14. The Morgan fingerprint density at radius 1 is 0.889 bits per heavy atom. The van der Waals surface area contributed by atoms with Crippen LogP contribution in [0.4, 0.5) is 0 Å². The van der Waals surface area contributed by atoms with Gasteiger partial charge < -0.3 is 0 Å². The van der Waals surface area contributed by atoms with Crippen LogP contribution >= 0.6 is 0 Å². The Balaban J connectivity index is -0.000000141. The Morgan fingerprint density at radius 2 is 1.30 bits per heavy atom. The molecule has 0 radical (unpaired) electrons. The molecule has 168 valence electrons. The fraction of sp³-hybridized carbons (Fsp3) is 0.926. The van der Waals surface area contributed by atoms with Crippen molar-refractivity contribution >= 4 is 0 Å². The number of unbranched alkanes of at least 4 members (excludes halogenated alkanes) is 3. The van der Waals surface area contributed by atoms with E-state index < -0.39 is 0 Å². The summed E-state index contributed by atoms with van der Waals surface area (Å²) in [5.74, 6) is 1.74. The van der Waals surface area contributed by atoms with E-state index in [-0.39, 0.29) is 0 Å². The molecule has 1 saturated carbocycles. The normalized spacial score (nSPS) is 14.0. The van der Waals surface area contributed by atoms with Crippen LogP contribution in [0.2, 0.25) is 0 Å². The highest BCUT2D eigenvalue weighted by Crippen LogP contribution is 2.23. The van der Waals surface area contributed by atoms with E-state index in [4.69, 9.17) is 0 Å². The van der Waals surface area contributed by atoms with Gasteiger partial charge in [0.05, 0.1) is 0 Å². The summed E-state index contributed by atoms with van der Waals surface area (Å²) in [5, 5.41) is 0. The third kappa shape index (κ3) is 41.3. The lowest BCUT2D eigenvalue weighted by Crippen LogP contribution is -2.05. The molecule has 0 saturated heterocycles. The third-order valence-corrected chi connectivity index (χ3v) is 4.59. The van der Waals surface area contributed by atoms with Crippen LogP contribution < -0.4 is 0 Å². The van der Waals surface area contributed by atoms with Crippen molar-refractivity contribution in [2.24, 2.45) is 17.3 Å². The van der Waals surface area contributed by atoms with Crippen LogP contribution in [-0.4, -0.2) is 0 Å². The van der Waals surface area contributed by atoms with Gasteiger partial charge in [-0.3, -0.25) is 0 Å². The number of hydrogen-bond acceptors (Lipinski definition) is 0. The standard InChI is InChI=1S/C11H22.C6H12.C6H14.2C2H6/c1-6-10(2)8-7-9-11(3,4)5;1-6-4-2-3-5-6;1-3-5-6-4-2;2*1-2/h6,10H,1,7-9H2,2-5H3;6H,2-5H2,1H3;3-6H2,1-2H3;2*1-2H3. The van der Waals surface area contributed by atoms with Gasteiger partial charge in [0.15, 0.2) is 0 Å². The SMILES string of the molecule is C=CC(C)CCCC(C)(C)C.CC.CC.CC1CCCC1.CCCCCC. The highest BCUT2D eigenvalue weighted by molar-refractivity contribution is 4.75. The van der Waals surface area contributed by atoms with Crippen LogP contribution in [0.1, 0.15) is 147 Å². The molecule has 1 fully saturated rings. The maximum absolute atomic E-state index is 3.78. The Labute approximate surface area is 177 Å². The molecule has 0 amide bonds. The lowest BCUT2D eigenvalue weighted by atomic mass is 9.88. The Morgan fingerprint density at radius 3 is 1.52 bits per heavy atom. The minimum absolute atomic E-state index is 0.501. The second-order valence-electron chi connectivity index (χ2n) is 8.76. The van der Waals surface area contributed by atoms with E-state index in [1.807, 2.05) is 33.8 Å². The van der Waals surface area contributed by atoms with Crippen molar-refractivity contribution in [3.8, 4) is 0 Å². The Bertz CT molecular complexity index is 223. The summed E-state index contributed by atoms with van der Waals surface area (Å²) in [4.78, 5) is 0. The maximum Gasteiger partial charge on any atom is -0.0265 e. The molecule has 0 aromatic carbocycles. The first kappa shape index (κ1) is 34.3. The van der Waals surface area contributed by atoms with E-state index in [1.54, 1.807) is 0 Å².